The highest BCUT2D eigenvalue weighted by molar-refractivity contribution is 8.03. The summed E-state index contributed by atoms with van der Waals surface area (Å²) in [5.74, 6) is -0.193. The Morgan fingerprint density at radius 1 is 1.11 bits per heavy atom. The highest BCUT2D eigenvalue weighted by Gasteiger charge is 2.10. The van der Waals surface area contributed by atoms with Crippen molar-refractivity contribution in [2.75, 3.05) is 17.7 Å². The van der Waals surface area contributed by atoms with Crippen molar-refractivity contribution in [2.45, 2.75) is 30.1 Å². The fourth-order valence-electron chi connectivity index (χ4n) is 2.18. The van der Waals surface area contributed by atoms with Crippen LogP contribution in [0.4, 0.5) is 5.69 Å². The van der Waals surface area contributed by atoms with E-state index in [2.05, 4.69) is 5.32 Å². The molecule has 1 amide bonds. The molecule has 0 aliphatic heterocycles. The van der Waals surface area contributed by atoms with Crippen LogP contribution < -0.4 is 5.32 Å². The second kappa shape index (κ2) is 10.7. The Balaban J connectivity index is 1.71. The smallest absolute Gasteiger partial charge is 0.307 e. The van der Waals surface area contributed by atoms with Gasteiger partial charge < -0.3 is 10.1 Å². The highest BCUT2D eigenvalue weighted by atomic mass is 32.2. The Labute approximate surface area is 167 Å². The maximum absolute atomic E-state index is 12.0. The van der Waals surface area contributed by atoms with Crippen LogP contribution >= 0.6 is 23.5 Å². The number of anilines is 1. The van der Waals surface area contributed by atoms with Crippen LogP contribution in [-0.2, 0) is 14.3 Å². The third kappa shape index (κ3) is 7.37. The molecule has 0 aliphatic carbocycles. The minimum atomic E-state index is -0.401. The molecule has 5 nitrogen and oxygen atoms in total. The largest absolute Gasteiger partial charge is 0.456 e. The summed E-state index contributed by atoms with van der Waals surface area (Å²) in [6.45, 7) is 3.55. The van der Waals surface area contributed by atoms with Crippen LogP contribution in [0.25, 0.3) is 0 Å². The van der Waals surface area contributed by atoms with Crippen LogP contribution in [0.2, 0.25) is 0 Å². The van der Waals surface area contributed by atoms with E-state index >= 15 is 0 Å². The summed E-state index contributed by atoms with van der Waals surface area (Å²) in [5, 5.41) is 13.4. The van der Waals surface area contributed by atoms with E-state index < -0.39 is 11.9 Å². The highest BCUT2D eigenvalue weighted by Crippen LogP contribution is 2.23. The van der Waals surface area contributed by atoms with Gasteiger partial charge in [0.15, 0.2) is 6.61 Å². The molecule has 0 bridgehead atoms. The van der Waals surface area contributed by atoms with E-state index in [4.69, 9.17) is 10.00 Å². The van der Waals surface area contributed by atoms with Gasteiger partial charge in [-0.15, -0.1) is 11.8 Å². The molecule has 140 valence electrons. The third-order valence-electron chi connectivity index (χ3n) is 3.60. The van der Waals surface area contributed by atoms with Crippen molar-refractivity contribution in [3.8, 4) is 5.40 Å². The zero-order chi connectivity index (χ0) is 19.6. The van der Waals surface area contributed by atoms with Gasteiger partial charge in [-0.25, -0.2) is 0 Å². The van der Waals surface area contributed by atoms with E-state index in [0.29, 0.717) is 11.4 Å². The van der Waals surface area contributed by atoms with Crippen LogP contribution in [0.1, 0.15) is 17.5 Å². The number of rotatable bonds is 8. The Kier molecular flexibility index (Phi) is 8.24. The number of nitrogens with one attached hydrogen (secondary N) is 1. The van der Waals surface area contributed by atoms with Gasteiger partial charge in [0, 0.05) is 21.2 Å². The number of nitriles is 1. The molecule has 0 unspecified atom stereocenters. The molecule has 7 heteroatoms. The predicted octanol–water partition coefficient (Wildman–Crippen LogP) is 4.54. The van der Waals surface area contributed by atoms with Crippen molar-refractivity contribution in [3.63, 3.8) is 0 Å². The van der Waals surface area contributed by atoms with Crippen LogP contribution in [0.15, 0.2) is 52.3 Å². The lowest BCUT2D eigenvalue weighted by Gasteiger charge is -2.10. The fourth-order valence-corrected chi connectivity index (χ4v) is 3.49. The molecule has 0 spiro atoms. The van der Waals surface area contributed by atoms with Crippen molar-refractivity contribution in [1.82, 2.24) is 0 Å². The van der Waals surface area contributed by atoms with Gasteiger partial charge in [-0.1, -0.05) is 17.7 Å². The van der Waals surface area contributed by atoms with Crippen LogP contribution in [0.5, 0.6) is 0 Å². The van der Waals surface area contributed by atoms with E-state index in [1.165, 1.54) is 5.56 Å². The number of benzene rings is 2. The number of ether oxygens (including phenoxy) is 1. The number of aryl methyl sites for hydroxylation is 2. The van der Waals surface area contributed by atoms with E-state index in [1.54, 1.807) is 23.9 Å². The molecule has 0 saturated carbocycles. The van der Waals surface area contributed by atoms with Gasteiger partial charge >= 0.3 is 5.97 Å². The number of amides is 1. The summed E-state index contributed by atoms with van der Waals surface area (Å²) < 4.78 is 5.02. The lowest BCUT2D eigenvalue weighted by atomic mass is 10.2. The maximum atomic E-state index is 12.0. The molecular formula is C20H20N2O3S2. The van der Waals surface area contributed by atoms with Crippen molar-refractivity contribution in [2.24, 2.45) is 0 Å². The number of esters is 1. The van der Waals surface area contributed by atoms with E-state index in [0.717, 1.165) is 27.1 Å². The Morgan fingerprint density at radius 2 is 1.81 bits per heavy atom. The molecule has 0 radical (unpaired) electrons. The second-order valence-electron chi connectivity index (χ2n) is 5.79. The minimum absolute atomic E-state index is 0.241. The monoisotopic (exact) mass is 400 g/mol. The molecule has 2 rings (SSSR count). The molecule has 1 N–H and O–H groups in total. The molecule has 0 heterocycles. The number of nitrogens with zero attached hydrogens (tertiary/aromatic N) is 1. The SMILES string of the molecule is Cc1ccc(SCCC(=O)OCC(=O)Nc2ccc(SC#N)cc2C)cc1. The Bertz CT molecular complexity index is 845. The molecule has 0 aliphatic rings. The van der Waals surface area contributed by atoms with E-state index in [-0.39, 0.29) is 13.0 Å². The number of hydrogen-bond donors (Lipinski definition) is 1. The summed E-state index contributed by atoms with van der Waals surface area (Å²) in [5.41, 5.74) is 2.66. The summed E-state index contributed by atoms with van der Waals surface area (Å²) >= 11 is 2.63. The predicted molar refractivity (Wildman–Crippen MR) is 109 cm³/mol. The zero-order valence-corrected chi connectivity index (χ0v) is 16.8. The summed E-state index contributed by atoms with van der Waals surface area (Å²) in [7, 11) is 0. The topological polar surface area (TPSA) is 79.2 Å². The third-order valence-corrected chi connectivity index (χ3v) is 5.19. The van der Waals surface area contributed by atoms with Gasteiger partial charge in [0.25, 0.3) is 5.91 Å². The molecule has 27 heavy (non-hydrogen) atoms. The van der Waals surface area contributed by atoms with Crippen molar-refractivity contribution in [3.05, 3.63) is 53.6 Å². The van der Waals surface area contributed by atoms with Gasteiger partial charge in [0.2, 0.25) is 0 Å². The van der Waals surface area contributed by atoms with Crippen LogP contribution in [0.3, 0.4) is 0 Å². The maximum Gasteiger partial charge on any atom is 0.307 e. The molecule has 0 fully saturated rings. The van der Waals surface area contributed by atoms with E-state index in [9.17, 15) is 9.59 Å². The van der Waals surface area contributed by atoms with Crippen molar-refractivity contribution in [1.29, 1.82) is 5.26 Å². The quantitative estimate of drug-likeness (QED) is 0.398. The van der Waals surface area contributed by atoms with Crippen LogP contribution in [0, 0.1) is 24.5 Å². The van der Waals surface area contributed by atoms with Crippen molar-refractivity contribution < 1.29 is 14.3 Å². The molecule has 0 saturated heterocycles. The summed E-state index contributed by atoms with van der Waals surface area (Å²) in [6, 6.07) is 13.4. The van der Waals surface area contributed by atoms with E-state index in [1.807, 2.05) is 49.6 Å². The van der Waals surface area contributed by atoms with Gasteiger partial charge in [0.05, 0.1) is 6.42 Å². The van der Waals surface area contributed by atoms with Crippen LogP contribution in [-0.4, -0.2) is 24.2 Å². The Morgan fingerprint density at radius 3 is 2.48 bits per heavy atom. The second-order valence-corrected chi connectivity index (χ2v) is 7.82. The number of carbonyl (C=O) groups excluding carboxylic acids is 2. The standard InChI is InChI=1S/C20H20N2O3S2/c1-14-3-5-16(6-4-14)26-10-9-20(24)25-12-19(23)22-18-8-7-17(27-13-21)11-15(18)2/h3-8,11H,9-10,12H2,1-2H3,(H,22,23). The number of hydrogen-bond acceptors (Lipinski definition) is 6. The molecule has 0 aromatic heterocycles. The first-order valence-electron chi connectivity index (χ1n) is 8.29. The number of thioether (sulfide) groups is 2. The average molecular weight is 401 g/mol. The van der Waals surface area contributed by atoms with Gasteiger partial charge in [-0.05, 0) is 61.5 Å². The lowest BCUT2D eigenvalue weighted by molar-refractivity contribution is -0.146. The Hall–Kier alpha value is -2.43. The summed E-state index contributed by atoms with van der Waals surface area (Å²) in [4.78, 5) is 25.6. The molecule has 0 atom stereocenters. The van der Waals surface area contributed by atoms with Gasteiger partial charge in [-0.3, -0.25) is 9.59 Å². The van der Waals surface area contributed by atoms with Gasteiger partial charge in [-0.2, -0.15) is 5.26 Å². The minimum Gasteiger partial charge on any atom is -0.456 e. The number of thiocyanates is 1. The summed E-state index contributed by atoms with van der Waals surface area (Å²) in [6.07, 6.45) is 0.241. The molecular weight excluding hydrogens is 380 g/mol. The average Bonchev–Trinajstić information content (AvgIpc) is 2.64. The normalized spacial score (nSPS) is 10.1. The van der Waals surface area contributed by atoms with Crippen molar-refractivity contribution >= 4 is 41.1 Å². The first-order valence-corrected chi connectivity index (χ1v) is 10.1. The number of carbonyl (C=O) groups is 2. The fraction of sp³-hybridized carbons (Fsp3) is 0.250. The van der Waals surface area contributed by atoms with Gasteiger partial charge in [0.1, 0.15) is 5.40 Å². The first kappa shape index (κ1) is 20.9. The lowest BCUT2D eigenvalue weighted by Crippen LogP contribution is -2.21. The molecule has 2 aromatic rings. The first-order chi connectivity index (χ1) is 13.0. The molecule has 2 aromatic carbocycles. The zero-order valence-electron chi connectivity index (χ0n) is 15.2.